The van der Waals surface area contributed by atoms with Gasteiger partial charge in [0.05, 0.1) is 5.69 Å². The van der Waals surface area contributed by atoms with Crippen molar-refractivity contribution < 1.29 is 14.3 Å². The normalized spacial score (nSPS) is 9.50. The maximum atomic E-state index is 12.8. The number of nitrogens with two attached hydrogens (primary N) is 1. The largest absolute Gasteiger partial charge is 0.478 e. The molecule has 0 saturated heterocycles. The van der Waals surface area contributed by atoms with Gasteiger partial charge in [0.1, 0.15) is 11.4 Å². The molecule has 0 unspecified atom stereocenters. The average Bonchev–Trinajstić information content (AvgIpc) is 2.03. The van der Waals surface area contributed by atoms with Crippen LogP contribution in [0.4, 0.5) is 10.1 Å². The van der Waals surface area contributed by atoms with Crippen molar-refractivity contribution in [2.75, 3.05) is 5.43 Å². The summed E-state index contributed by atoms with van der Waals surface area (Å²) in [4.78, 5) is 10.5. The van der Waals surface area contributed by atoms with Crippen molar-refractivity contribution in [1.29, 1.82) is 0 Å². The van der Waals surface area contributed by atoms with Crippen molar-refractivity contribution in [3.8, 4) is 0 Å². The number of hydrazine groups is 1. The van der Waals surface area contributed by atoms with Gasteiger partial charge in [-0.2, -0.15) is 0 Å². The van der Waals surface area contributed by atoms with Crippen LogP contribution < -0.4 is 11.3 Å². The Kier molecular flexibility index (Phi) is 2.25. The first-order valence-corrected chi connectivity index (χ1v) is 3.15. The van der Waals surface area contributed by atoms with Crippen LogP contribution in [0.1, 0.15) is 10.4 Å². The van der Waals surface area contributed by atoms with Crippen molar-refractivity contribution in [1.82, 2.24) is 0 Å². The lowest BCUT2D eigenvalue weighted by molar-refractivity contribution is 0.0693. The first kappa shape index (κ1) is 8.48. The molecule has 0 heterocycles. The van der Waals surface area contributed by atoms with Crippen LogP contribution in [0.15, 0.2) is 18.2 Å². The quantitative estimate of drug-likeness (QED) is 0.453. The van der Waals surface area contributed by atoms with Gasteiger partial charge in [0.15, 0.2) is 0 Å². The van der Waals surface area contributed by atoms with Crippen LogP contribution in [0, 0.1) is 5.82 Å². The van der Waals surface area contributed by atoms with Gasteiger partial charge in [-0.15, -0.1) is 0 Å². The summed E-state index contributed by atoms with van der Waals surface area (Å²) < 4.78 is 12.8. The minimum absolute atomic E-state index is 0.0579. The standard InChI is InChI=1S/C7H7FN2O2/c8-4-2-1-3-5(10-9)6(4)7(11)12/h1-3,10H,9H2,(H,11,12). The molecular weight excluding hydrogens is 163 g/mol. The van der Waals surface area contributed by atoms with Gasteiger partial charge in [0, 0.05) is 0 Å². The van der Waals surface area contributed by atoms with E-state index in [0.717, 1.165) is 6.07 Å². The SMILES string of the molecule is NNc1cccc(F)c1C(=O)O. The van der Waals surface area contributed by atoms with E-state index in [1.807, 2.05) is 0 Å². The Hall–Kier alpha value is -1.62. The molecule has 0 aliphatic rings. The summed E-state index contributed by atoms with van der Waals surface area (Å²) in [5.74, 6) is 2.82. The fraction of sp³-hybridized carbons (Fsp3) is 0. The van der Waals surface area contributed by atoms with Crippen LogP contribution in [0.5, 0.6) is 0 Å². The van der Waals surface area contributed by atoms with Crippen LogP contribution in [0.2, 0.25) is 0 Å². The number of carboxylic acid groups (broad SMARTS) is 1. The van der Waals surface area contributed by atoms with E-state index in [0.29, 0.717) is 0 Å². The summed E-state index contributed by atoms with van der Waals surface area (Å²) in [6, 6.07) is 3.81. The second-order valence-electron chi connectivity index (χ2n) is 2.11. The molecule has 0 fully saturated rings. The Morgan fingerprint density at radius 2 is 2.25 bits per heavy atom. The zero-order chi connectivity index (χ0) is 9.14. The highest BCUT2D eigenvalue weighted by Gasteiger charge is 2.14. The molecule has 0 aliphatic heterocycles. The molecule has 0 radical (unpaired) electrons. The molecule has 0 aliphatic carbocycles. The molecule has 0 amide bonds. The molecule has 4 nitrogen and oxygen atoms in total. The lowest BCUT2D eigenvalue weighted by atomic mass is 10.2. The van der Waals surface area contributed by atoms with E-state index < -0.39 is 17.3 Å². The third-order valence-electron chi connectivity index (χ3n) is 1.38. The van der Waals surface area contributed by atoms with Gasteiger partial charge in [-0.05, 0) is 12.1 Å². The highest BCUT2D eigenvalue weighted by atomic mass is 19.1. The number of hydrogen-bond acceptors (Lipinski definition) is 3. The second-order valence-corrected chi connectivity index (χ2v) is 2.11. The predicted molar refractivity (Wildman–Crippen MR) is 41.2 cm³/mol. The molecular formula is C7H7FN2O2. The summed E-state index contributed by atoms with van der Waals surface area (Å²) in [6.07, 6.45) is 0. The fourth-order valence-corrected chi connectivity index (χ4v) is 0.862. The fourth-order valence-electron chi connectivity index (χ4n) is 0.862. The van der Waals surface area contributed by atoms with E-state index in [9.17, 15) is 9.18 Å². The average molecular weight is 170 g/mol. The van der Waals surface area contributed by atoms with Crippen LogP contribution in [0.25, 0.3) is 0 Å². The molecule has 12 heavy (non-hydrogen) atoms. The number of hydrogen-bond donors (Lipinski definition) is 3. The maximum absolute atomic E-state index is 12.8. The molecule has 0 bridgehead atoms. The molecule has 1 aromatic rings. The summed E-state index contributed by atoms with van der Waals surface area (Å²) in [5.41, 5.74) is 1.71. The third-order valence-corrected chi connectivity index (χ3v) is 1.38. The number of carboxylic acids is 1. The van der Waals surface area contributed by atoms with E-state index >= 15 is 0 Å². The Bertz CT molecular complexity index is 314. The molecule has 64 valence electrons. The first-order valence-electron chi connectivity index (χ1n) is 3.15. The van der Waals surface area contributed by atoms with Gasteiger partial charge >= 0.3 is 5.97 Å². The minimum atomic E-state index is -1.35. The van der Waals surface area contributed by atoms with E-state index in [1.165, 1.54) is 12.1 Å². The van der Waals surface area contributed by atoms with E-state index in [1.54, 1.807) is 0 Å². The molecule has 5 heteroatoms. The van der Waals surface area contributed by atoms with Crippen LogP contribution in [-0.2, 0) is 0 Å². The van der Waals surface area contributed by atoms with Crippen molar-refractivity contribution in [2.24, 2.45) is 5.84 Å². The first-order chi connectivity index (χ1) is 5.66. The van der Waals surface area contributed by atoms with Gasteiger partial charge in [-0.3, -0.25) is 5.84 Å². The van der Waals surface area contributed by atoms with E-state index in [4.69, 9.17) is 10.9 Å². The second kappa shape index (κ2) is 3.19. The molecule has 4 N–H and O–H groups in total. The van der Waals surface area contributed by atoms with Crippen molar-refractivity contribution in [3.05, 3.63) is 29.6 Å². The summed E-state index contributed by atoms with van der Waals surface area (Å²) in [5, 5.41) is 8.54. The van der Waals surface area contributed by atoms with Gasteiger partial charge in [-0.1, -0.05) is 6.07 Å². The van der Waals surface area contributed by atoms with Crippen LogP contribution in [0.3, 0.4) is 0 Å². The Labute approximate surface area is 67.8 Å². The Balaban J connectivity index is 3.29. The smallest absolute Gasteiger partial charge is 0.340 e. The number of halogens is 1. The number of rotatable bonds is 2. The molecule has 0 atom stereocenters. The van der Waals surface area contributed by atoms with E-state index in [-0.39, 0.29) is 5.69 Å². The van der Waals surface area contributed by atoms with Crippen molar-refractivity contribution >= 4 is 11.7 Å². The third kappa shape index (κ3) is 1.35. The molecule has 0 aromatic heterocycles. The molecule has 1 rings (SSSR count). The zero-order valence-electron chi connectivity index (χ0n) is 6.04. The lowest BCUT2D eigenvalue weighted by Gasteiger charge is -2.04. The number of benzene rings is 1. The highest BCUT2D eigenvalue weighted by molar-refractivity contribution is 5.94. The molecule has 0 spiro atoms. The summed E-state index contributed by atoms with van der Waals surface area (Å²) >= 11 is 0. The van der Waals surface area contributed by atoms with Crippen LogP contribution in [-0.4, -0.2) is 11.1 Å². The number of nitrogens with one attached hydrogen (secondary N) is 1. The Morgan fingerprint density at radius 1 is 1.58 bits per heavy atom. The number of carbonyl (C=O) groups is 1. The molecule has 1 aromatic carbocycles. The van der Waals surface area contributed by atoms with E-state index in [2.05, 4.69) is 5.43 Å². The predicted octanol–water partition coefficient (Wildman–Crippen LogP) is 0.810. The monoisotopic (exact) mass is 170 g/mol. The number of anilines is 1. The topological polar surface area (TPSA) is 75.3 Å². The van der Waals surface area contributed by atoms with Crippen molar-refractivity contribution in [3.63, 3.8) is 0 Å². The van der Waals surface area contributed by atoms with Crippen LogP contribution >= 0.6 is 0 Å². The summed E-state index contributed by atoms with van der Waals surface area (Å²) in [6.45, 7) is 0. The Morgan fingerprint density at radius 3 is 2.67 bits per heavy atom. The lowest BCUT2D eigenvalue weighted by Crippen LogP contribution is -2.13. The molecule has 0 saturated carbocycles. The highest BCUT2D eigenvalue weighted by Crippen LogP contribution is 2.17. The van der Waals surface area contributed by atoms with Gasteiger partial charge in [0.25, 0.3) is 0 Å². The zero-order valence-corrected chi connectivity index (χ0v) is 6.04. The number of nitrogen functional groups attached to an aromatic ring is 1. The van der Waals surface area contributed by atoms with Gasteiger partial charge in [-0.25, -0.2) is 9.18 Å². The minimum Gasteiger partial charge on any atom is -0.478 e. The maximum Gasteiger partial charge on any atom is 0.340 e. The van der Waals surface area contributed by atoms with Gasteiger partial charge < -0.3 is 10.5 Å². The number of aromatic carboxylic acids is 1. The van der Waals surface area contributed by atoms with Gasteiger partial charge in [0.2, 0.25) is 0 Å². The summed E-state index contributed by atoms with van der Waals surface area (Å²) in [7, 11) is 0. The van der Waals surface area contributed by atoms with Crippen molar-refractivity contribution in [2.45, 2.75) is 0 Å².